The Kier molecular flexibility index (Phi) is 6.00. The van der Waals surface area contributed by atoms with Crippen molar-refractivity contribution in [2.45, 2.75) is 26.2 Å². The Hall–Kier alpha value is -1.10. The van der Waals surface area contributed by atoms with Gasteiger partial charge in [-0.25, -0.2) is 5.84 Å². The zero-order valence-corrected chi connectivity index (χ0v) is 7.13. The van der Waals surface area contributed by atoms with Crippen molar-refractivity contribution in [2.24, 2.45) is 5.84 Å². The molecule has 0 saturated heterocycles. The summed E-state index contributed by atoms with van der Waals surface area (Å²) < 4.78 is 4.73. The maximum Gasteiger partial charge on any atom is 0.305 e. The summed E-state index contributed by atoms with van der Waals surface area (Å²) in [6, 6.07) is 0. The maximum absolute atomic E-state index is 10.6. The molecule has 0 atom stereocenters. The van der Waals surface area contributed by atoms with E-state index in [1.807, 2.05) is 5.43 Å². The number of hydrogen-bond donors (Lipinski definition) is 2. The highest BCUT2D eigenvalue weighted by Gasteiger charge is 2.00. The molecule has 12 heavy (non-hydrogen) atoms. The van der Waals surface area contributed by atoms with Crippen LogP contribution in [0, 0.1) is 0 Å². The number of amides is 1. The number of nitrogens with one attached hydrogen (secondary N) is 1. The lowest BCUT2D eigenvalue weighted by Gasteiger charge is -2.01. The largest absolute Gasteiger partial charge is 0.466 e. The second-order valence-corrected chi connectivity index (χ2v) is 2.25. The molecular weight excluding hydrogens is 160 g/mol. The number of nitrogens with two attached hydrogens (primary N) is 1. The first-order valence-corrected chi connectivity index (χ1v) is 3.85. The first-order chi connectivity index (χ1) is 5.70. The van der Waals surface area contributed by atoms with Gasteiger partial charge in [-0.3, -0.25) is 15.0 Å². The van der Waals surface area contributed by atoms with Gasteiger partial charge in [0.1, 0.15) is 0 Å². The summed E-state index contributed by atoms with van der Waals surface area (Å²) in [6.45, 7) is 2.00. The number of rotatable bonds is 5. The molecule has 5 heteroatoms. The SMILES string of the molecule is CCC(=O)OCCCC(=O)NN. The zero-order valence-electron chi connectivity index (χ0n) is 7.13. The highest BCUT2D eigenvalue weighted by Crippen LogP contribution is 1.91. The van der Waals surface area contributed by atoms with Crippen molar-refractivity contribution in [1.29, 1.82) is 0 Å². The normalized spacial score (nSPS) is 9.17. The van der Waals surface area contributed by atoms with E-state index in [0.717, 1.165) is 0 Å². The second kappa shape index (κ2) is 6.60. The van der Waals surface area contributed by atoms with Gasteiger partial charge in [-0.2, -0.15) is 0 Å². The summed E-state index contributed by atoms with van der Waals surface area (Å²) in [5.41, 5.74) is 1.99. The molecule has 0 radical (unpaired) electrons. The summed E-state index contributed by atoms with van der Waals surface area (Å²) in [4.78, 5) is 21.1. The first kappa shape index (κ1) is 10.9. The van der Waals surface area contributed by atoms with Gasteiger partial charge in [-0.15, -0.1) is 0 Å². The van der Waals surface area contributed by atoms with Crippen LogP contribution in [0.25, 0.3) is 0 Å². The minimum atomic E-state index is -0.248. The third-order valence-electron chi connectivity index (χ3n) is 1.26. The van der Waals surface area contributed by atoms with Crippen LogP contribution in [0.5, 0.6) is 0 Å². The maximum atomic E-state index is 10.6. The van der Waals surface area contributed by atoms with Crippen LogP contribution in [0.4, 0.5) is 0 Å². The minimum absolute atomic E-state index is 0.247. The van der Waals surface area contributed by atoms with Gasteiger partial charge in [0.15, 0.2) is 0 Å². The molecule has 0 spiro atoms. The predicted octanol–water partition coefficient (Wildman–Crippen LogP) is -0.290. The van der Waals surface area contributed by atoms with Gasteiger partial charge < -0.3 is 4.74 Å². The van der Waals surface area contributed by atoms with Gasteiger partial charge in [-0.05, 0) is 6.42 Å². The van der Waals surface area contributed by atoms with Gasteiger partial charge in [0, 0.05) is 12.8 Å². The molecule has 0 aliphatic heterocycles. The van der Waals surface area contributed by atoms with E-state index in [1.165, 1.54) is 0 Å². The smallest absolute Gasteiger partial charge is 0.305 e. The average Bonchev–Trinajstić information content (AvgIpc) is 2.11. The van der Waals surface area contributed by atoms with E-state index >= 15 is 0 Å². The lowest BCUT2D eigenvalue weighted by Crippen LogP contribution is -2.29. The number of esters is 1. The Morgan fingerprint density at radius 1 is 1.50 bits per heavy atom. The standard InChI is InChI=1S/C7H14N2O3/c1-2-7(11)12-5-3-4-6(10)9-8/h2-5,8H2,1H3,(H,9,10). The Bertz CT molecular complexity index is 141. The lowest BCUT2D eigenvalue weighted by molar-refractivity contribution is -0.143. The van der Waals surface area contributed by atoms with Crippen LogP contribution in [0.3, 0.4) is 0 Å². The van der Waals surface area contributed by atoms with Gasteiger partial charge in [0.2, 0.25) is 5.91 Å². The molecule has 0 unspecified atom stereocenters. The summed E-state index contributed by atoms with van der Waals surface area (Å²) in [5, 5.41) is 0. The van der Waals surface area contributed by atoms with E-state index in [2.05, 4.69) is 0 Å². The molecule has 0 saturated carbocycles. The van der Waals surface area contributed by atoms with Crippen LogP contribution in [-0.2, 0) is 14.3 Å². The molecule has 3 N–H and O–H groups in total. The fraction of sp³-hybridized carbons (Fsp3) is 0.714. The number of ether oxygens (including phenoxy) is 1. The fourth-order valence-electron chi connectivity index (χ4n) is 0.593. The Morgan fingerprint density at radius 2 is 2.17 bits per heavy atom. The highest BCUT2D eigenvalue weighted by atomic mass is 16.5. The molecule has 5 nitrogen and oxygen atoms in total. The van der Waals surface area contributed by atoms with Crippen molar-refractivity contribution in [2.75, 3.05) is 6.61 Å². The van der Waals surface area contributed by atoms with Crippen LogP contribution < -0.4 is 11.3 Å². The molecular formula is C7H14N2O3. The molecule has 0 aromatic heterocycles. The predicted molar refractivity (Wildman–Crippen MR) is 42.8 cm³/mol. The quantitative estimate of drug-likeness (QED) is 0.197. The van der Waals surface area contributed by atoms with E-state index in [-0.39, 0.29) is 24.9 Å². The van der Waals surface area contributed by atoms with Crippen molar-refractivity contribution < 1.29 is 14.3 Å². The van der Waals surface area contributed by atoms with E-state index in [4.69, 9.17) is 10.6 Å². The van der Waals surface area contributed by atoms with E-state index in [0.29, 0.717) is 12.8 Å². The number of carbonyl (C=O) groups is 2. The molecule has 0 aromatic carbocycles. The summed E-state index contributed by atoms with van der Waals surface area (Å²) >= 11 is 0. The number of hydrogen-bond acceptors (Lipinski definition) is 4. The molecule has 0 bridgehead atoms. The van der Waals surface area contributed by atoms with E-state index in [1.54, 1.807) is 6.92 Å². The van der Waals surface area contributed by atoms with Crippen molar-refractivity contribution in [3.05, 3.63) is 0 Å². The van der Waals surface area contributed by atoms with Crippen LogP contribution >= 0.6 is 0 Å². The topological polar surface area (TPSA) is 81.4 Å². The summed E-state index contributed by atoms with van der Waals surface area (Å²) in [5.74, 6) is 4.34. The van der Waals surface area contributed by atoms with Crippen molar-refractivity contribution in [1.82, 2.24) is 5.43 Å². The van der Waals surface area contributed by atoms with Crippen LogP contribution in [-0.4, -0.2) is 18.5 Å². The van der Waals surface area contributed by atoms with Crippen molar-refractivity contribution in [3.8, 4) is 0 Å². The van der Waals surface area contributed by atoms with Crippen LogP contribution in [0.15, 0.2) is 0 Å². The molecule has 0 aliphatic carbocycles. The molecule has 70 valence electrons. The molecule has 0 heterocycles. The van der Waals surface area contributed by atoms with Gasteiger partial charge in [0.25, 0.3) is 0 Å². The minimum Gasteiger partial charge on any atom is -0.466 e. The second-order valence-electron chi connectivity index (χ2n) is 2.25. The number of carbonyl (C=O) groups excluding carboxylic acids is 2. The summed E-state index contributed by atoms with van der Waals surface area (Å²) in [6.07, 6.45) is 1.16. The molecule has 0 aromatic rings. The lowest BCUT2D eigenvalue weighted by atomic mass is 10.3. The zero-order chi connectivity index (χ0) is 9.40. The third kappa shape index (κ3) is 5.67. The molecule has 0 rings (SSSR count). The highest BCUT2D eigenvalue weighted by molar-refractivity contribution is 5.75. The van der Waals surface area contributed by atoms with E-state index in [9.17, 15) is 9.59 Å². The third-order valence-corrected chi connectivity index (χ3v) is 1.26. The summed E-state index contributed by atoms with van der Waals surface area (Å²) in [7, 11) is 0. The van der Waals surface area contributed by atoms with Gasteiger partial charge in [0.05, 0.1) is 6.61 Å². The molecule has 0 aliphatic rings. The first-order valence-electron chi connectivity index (χ1n) is 3.85. The van der Waals surface area contributed by atoms with Gasteiger partial charge in [-0.1, -0.05) is 6.92 Å². The van der Waals surface area contributed by atoms with Crippen LogP contribution in [0.2, 0.25) is 0 Å². The van der Waals surface area contributed by atoms with Crippen molar-refractivity contribution >= 4 is 11.9 Å². The average molecular weight is 174 g/mol. The van der Waals surface area contributed by atoms with E-state index < -0.39 is 0 Å². The van der Waals surface area contributed by atoms with Crippen molar-refractivity contribution in [3.63, 3.8) is 0 Å². The Balaban J connectivity index is 3.21. The fourth-order valence-corrected chi connectivity index (χ4v) is 0.593. The Labute approximate surface area is 71.2 Å². The Morgan fingerprint density at radius 3 is 2.67 bits per heavy atom. The number of hydrazine groups is 1. The monoisotopic (exact) mass is 174 g/mol. The molecule has 0 fully saturated rings. The van der Waals surface area contributed by atoms with Gasteiger partial charge >= 0.3 is 5.97 Å². The van der Waals surface area contributed by atoms with Crippen LogP contribution in [0.1, 0.15) is 26.2 Å². The molecule has 1 amide bonds.